The second-order valence-electron chi connectivity index (χ2n) is 6.61. The van der Waals surface area contributed by atoms with Crippen LogP contribution in [0.15, 0.2) is 48.2 Å². The van der Waals surface area contributed by atoms with Crippen LogP contribution in [0.2, 0.25) is 0 Å². The molecule has 162 valence electrons. The van der Waals surface area contributed by atoms with E-state index in [1.165, 1.54) is 13.2 Å². The number of nitrogens with one attached hydrogen (secondary N) is 2. The molecule has 0 unspecified atom stereocenters. The van der Waals surface area contributed by atoms with Crippen molar-refractivity contribution in [2.45, 2.75) is 12.8 Å². The number of amides is 2. The molecule has 3 rings (SSSR count). The molecule has 2 amide bonds. The number of carboxylic acids is 1. The van der Waals surface area contributed by atoms with E-state index in [1.54, 1.807) is 42.5 Å². The summed E-state index contributed by atoms with van der Waals surface area (Å²) < 4.78 is 15.7. The lowest BCUT2D eigenvalue weighted by Crippen LogP contribution is -2.35. The van der Waals surface area contributed by atoms with E-state index in [-0.39, 0.29) is 31.9 Å². The van der Waals surface area contributed by atoms with Gasteiger partial charge in [-0.15, -0.1) is 0 Å². The summed E-state index contributed by atoms with van der Waals surface area (Å²) in [5, 5.41) is 14.0. The number of rotatable bonds is 9. The summed E-state index contributed by atoms with van der Waals surface area (Å²) in [6.07, 6.45) is 1.71. The Hall–Kier alpha value is -4.01. The largest absolute Gasteiger partial charge is 0.497 e. The summed E-state index contributed by atoms with van der Waals surface area (Å²) in [5.74, 6) is -0.224. The van der Waals surface area contributed by atoms with Gasteiger partial charge in [0.05, 0.1) is 7.11 Å². The van der Waals surface area contributed by atoms with Crippen LogP contribution < -0.4 is 24.8 Å². The van der Waals surface area contributed by atoms with Crippen LogP contribution in [0, 0.1) is 0 Å². The molecule has 0 atom stereocenters. The maximum atomic E-state index is 12.7. The number of carbonyl (C=O) groups excluding carboxylic acids is 2. The van der Waals surface area contributed by atoms with E-state index >= 15 is 0 Å². The molecule has 3 N–H and O–H groups in total. The van der Waals surface area contributed by atoms with Crippen molar-refractivity contribution in [1.29, 1.82) is 0 Å². The topological polar surface area (TPSA) is 123 Å². The molecule has 2 aromatic rings. The third-order valence-corrected chi connectivity index (χ3v) is 4.41. The zero-order valence-electron chi connectivity index (χ0n) is 16.8. The van der Waals surface area contributed by atoms with Gasteiger partial charge in [-0.25, -0.2) is 0 Å². The molecule has 0 radical (unpaired) electrons. The van der Waals surface area contributed by atoms with Gasteiger partial charge in [-0.3, -0.25) is 14.4 Å². The lowest BCUT2D eigenvalue weighted by Gasteiger charge is -2.11. The van der Waals surface area contributed by atoms with Gasteiger partial charge in [0.2, 0.25) is 6.79 Å². The molecule has 9 heteroatoms. The highest BCUT2D eigenvalue weighted by atomic mass is 16.7. The first-order valence-electron chi connectivity index (χ1n) is 9.53. The van der Waals surface area contributed by atoms with Crippen molar-refractivity contribution in [2.24, 2.45) is 0 Å². The van der Waals surface area contributed by atoms with Crippen molar-refractivity contribution in [3.63, 3.8) is 0 Å². The summed E-state index contributed by atoms with van der Waals surface area (Å²) in [4.78, 5) is 36.0. The quantitative estimate of drug-likeness (QED) is 0.415. The minimum Gasteiger partial charge on any atom is -0.497 e. The first-order valence-corrected chi connectivity index (χ1v) is 9.53. The number of aliphatic carboxylic acids is 1. The summed E-state index contributed by atoms with van der Waals surface area (Å²) >= 11 is 0. The van der Waals surface area contributed by atoms with E-state index in [2.05, 4.69) is 10.6 Å². The summed E-state index contributed by atoms with van der Waals surface area (Å²) in [6.45, 7) is 0.273. The average molecular weight is 426 g/mol. The van der Waals surface area contributed by atoms with Crippen LogP contribution >= 0.6 is 0 Å². The summed E-state index contributed by atoms with van der Waals surface area (Å²) in [6, 6.07) is 11.6. The Balaban J connectivity index is 1.78. The molecule has 0 saturated carbocycles. The minimum absolute atomic E-state index is 0.00927. The molecule has 2 aromatic carbocycles. The van der Waals surface area contributed by atoms with Crippen LogP contribution in [0.1, 0.15) is 28.8 Å². The number of carbonyl (C=O) groups is 3. The number of fused-ring (bicyclic) bond motifs is 1. The molecule has 9 nitrogen and oxygen atoms in total. The van der Waals surface area contributed by atoms with Crippen molar-refractivity contribution < 1.29 is 33.7 Å². The van der Waals surface area contributed by atoms with Crippen molar-refractivity contribution >= 4 is 23.9 Å². The highest BCUT2D eigenvalue weighted by Crippen LogP contribution is 2.33. The van der Waals surface area contributed by atoms with Gasteiger partial charge in [0.25, 0.3) is 11.8 Å². The fourth-order valence-corrected chi connectivity index (χ4v) is 2.80. The van der Waals surface area contributed by atoms with E-state index < -0.39 is 17.8 Å². The highest BCUT2D eigenvalue weighted by molar-refractivity contribution is 6.05. The number of carboxylic acid groups (broad SMARTS) is 1. The second-order valence-corrected chi connectivity index (χ2v) is 6.61. The molecule has 0 aromatic heterocycles. The molecule has 1 aliphatic rings. The minimum atomic E-state index is -0.946. The van der Waals surface area contributed by atoms with Crippen LogP contribution in [0.4, 0.5) is 0 Å². The molecule has 1 heterocycles. The van der Waals surface area contributed by atoms with E-state index in [9.17, 15) is 14.4 Å². The zero-order valence-corrected chi connectivity index (χ0v) is 16.8. The highest BCUT2D eigenvalue weighted by Gasteiger charge is 2.17. The van der Waals surface area contributed by atoms with E-state index in [0.717, 1.165) is 0 Å². The molecular formula is C22H22N2O7. The monoisotopic (exact) mass is 426 g/mol. The third-order valence-electron chi connectivity index (χ3n) is 4.41. The van der Waals surface area contributed by atoms with E-state index in [4.69, 9.17) is 19.3 Å². The van der Waals surface area contributed by atoms with Crippen molar-refractivity contribution in [2.75, 3.05) is 20.4 Å². The van der Waals surface area contributed by atoms with Gasteiger partial charge in [0.1, 0.15) is 11.4 Å². The van der Waals surface area contributed by atoms with Crippen molar-refractivity contribution in [1.82, 2.24) is 10.6 Å². The lowest BCUT2D eigenvalue weighted by molar-refractivity contribution is -0.137. The van der Waals surface area contributed by atoms with Gasteiger partial charge >= 0.3 is 5.97 Å². The molecule has 0 saturated heterocycles. The Morgan fingerprint density at radius 3 is 2.55 bits per heavy atom. The summed E-state index contributed by atoms with van der Waals surface area (Å²) in [5.41, 5.74) is 0.973. The number of methoxy groups -OCH3 is 1. The van der Waals surface area contributed by atoms with Crippen LogP contribution in [0.25, 0.3) is 6.08 Å². The normalized spacial score (nSPS) is 12.2. The van der Waals surface area contributed by atoms with Gasteiger partial charge < -0.3 is 30.0 Å². The van der Waals surface area contributed by atoms with Crippen molar-refractivity contribution in [3.05, 3.63) is 59.3 Å². The SMILES string of the molecule is COc1ccc(C(=O)N/C(=C/c2ccc3c(c2)OCO3)C(=O)NCCCC(=O)O)cc1. The number of hydrogen-bond donors (Lipinski definition) is 3. The predicted octanol–water partition coefficient (Wildman–Crippen LogP) is 2.18. The Morgan fingerprint density at radius 2 is 1.84 bits per heavy atom. The van der Waals surface area contributed by atoms with Gasteiger partial charge in [0, 0.05) is 18.5 Å². The van der Waals surface area contributed by atoms with Crippen molar-refractivity contribution in [3.8, 4) is 17.2 Å². The third kappa shape index (κ3) is 5.99. The maximum Gasteiger partial charge on any atom is 0.303 e. The van der Waals surface area contributed by atoms with Crippen LogP contribution in [-0.4, -0.2) is 43.3 Å². The lowest BCUT2D eigenvalue weighted by atomic mass is 10.1. The van der Waals surface area contributed by atoms with Crippen LogP contribution in [-0.2, 0) is 9.59 Å². The smallest absolute Gasteiger partial charge is 0.303 e. The fraction of sp³-hybridized carbons (Fsp3) is 0.227. The molecule has 1 aliphatic heterocycles. The first kappa shape index (κ1) is 21.7. The zero-order chi connectivity index (χ0) is 22.2. The molecular weight excluding hydrogens is 404 g/mol. The number of benzene rings is 2. The maximum absolute atomic E-state index is 12.7. The number of hydrogen-bond acceptors (Lipinski definition) is 6. The molecule has 31 heavy (non-hydrogen) atoms. The van der Waals surface area contributed by atoms with E-state index in [1.807, 2.05) is 0 Å². The number of ether oxygens (including phenoxy) is 3. The molecule has 0 aliphatic carbocycles. The Morgan fingerprint density at radius 1 is 1.10 bits per heavy atom. The molecule has 0 fully saturated rings. The van der Waals surface area contributed by atoms with Gasteiger partial charge in [-0.1, -0.05) is 6.07 Å². The predicted molar refractivity (Wildman–Crippen MR) is 111 cm³/mol. The average Bonchev–Trinajstić information content (AvgIpc) is 3.24. The van der Waals surface area contributed by atoms with Gasteiger partial charge in [-0.05, 0) is 54.5 Å². The van der Waals surface area contributed by atoms with Crippen LogP contribution in [0.5, 0.6) is 17.2 Å². The van der Waals surface area contributed by atoms with E-state index in [0.29, 0.717) is 28.4 Å². The Bertz CT molecular complexity index is 999. The van der Waals surface area contributed by atoms with Gasteiger partial charge in [-0.2, -0.15) is 0 Å². The van der Waals surface area contributed by atoms with Crippen LogP contribution in [0.3, 0.4) is 0 Å². The van der Waals surface area contributed by atoms with Gasteiger partial charge in [0.15, 0.2) is 11.5 Å². The molecule has 0 spiro atoms. The Labute approximate surface area is 178 Å². The fourth-order valence-electron chi connectivity index (χ4n) is 2.80. The Kier molecular flexibility index (Phi) is 7.10. The second kappa shape index (κ2) is 10.1. The summed E-state index contributed by atoms with van der Waals surface area (Å²) in [7, 11) is 1.52. The first-order chi connectivity index (χ1) is 15.0. The standard InChI is InChI=1S/C22H22N2O7/c1-29-16-7-5-15(6-8-16)21(27)24-17(22(28)23-10-2-3-20(25)26)11-14-4-9-18-19(12-14)31-13-30-18/h4-9,11-12H,2-3,10,13H2,1H3,(H,23,28)(H,24,27)(H,25,26)/b17-11+. The molecule has 0 bridgehead atoms.